The number of phenols is 2. The Morgan fingerprint density at radius 2 is 1.69 bits per heavy atom. The Labute approximate surface area is 76.1 Å². The van der Waals surface area contributed by atoms with Crippen LogP contribution in [0.15, 0.2) is 30.3 Å². The second kappa shape index (κ2) is 2.66. The minimum absolute atomic E-state index is 0.248. The minimum atomic E-state index is 0.248. The predicted octanol–water partition coefficient (Wildman–Crippen LogP) is 2.56. The molecule has 2 aromatic rings. The Balaban J connectivity index is 2.81. The molecule has 0 saturated carbocycles. The maximum absolute atomic E-state index is 9.42. The van der Waals surface area contributed by atoms with Crippen LogP contribution in [0.1, 0.15) is 5.56 Å². The molecular weight excluding hydrogens is 164 g/mol. The maximum atomic E-state index is 9.42. The predicted molar refractivity (Wildman–Crippen MR) is 52.0 cm³/mol. The molecule has 0 aromatic heterocycles. The summed E-state index contributed by atoms with van der Waals surface area (Å²) in [6, 6.07) is 8.62. The average Bonchev–Trinajstić information content (AvgIpc) is 2.08. The molecule has 0 aliphatic heterocycles. The van der Waals surface area contributed by atoms with Gasteiger partial charge in [0.2, 0.25) is 0 Å². The van der Waals surface area contributed by atoms with Gasteiger partial charge in [-0.3, -0.25) is 0 Å². The molecular formula is C11H10O2. The highest BCUT2D eigenvalue weighted by atomic mass is 16.3. The fraction of sp³-hybridized carbons (Fsp3) is 0.0909. The van der Waals surface area contributed by atoms with Gasteiger partial charge in [-0.05, 0) is 47.5 Å². The van der Waals surface area contributed by atoms with Crippen molar-refractivity contribution in [1.29, 1.82) is 0 Å². The lowest BCUT2D eigenvalue weighted by Crippen LogP contribution is -1.77. The Kier molecular flexibility index (Phi) is 1.62. The molecule has 2 heteroatoms. The van der Waals surface area contributed by atoms with Crippen molar-refractivity contribution in [2.45, 2.75) is 6.92 Å². The van der Waals surface area contributed by atoms with Crippen molar-refractivity contribution < 1.29 is 10.2 Å². The van der Waals surface area contributed by atoms with Crippen molar-refractivity contribution in [2.75, 3.05) is 0 Å². The van der Waals surface area contributed by atoms with Gasteiger partial charge in [-0.15, -0.1) is 0 Å². The quantitative estimate of drug-likeness (QED) is 0.644. The molecule has 0 spiro atoms. The molecule has 2 aromatic carbocycles. The molecule has 0 unspecified atom stereocenters. The van der Waals surface area contributed by atoms with Crippen LogP contribution in [0.25, 0.3) is 10.8 Å². The van der Waals surface area contributed by atoms with Crippen LogP contribution in [-0.4, -0.2) is 10.2 Å². The highest BCUT2D eigenvalue weighted by molar-refractivity contribution is 5.86. The fourth-order valence-electron chi connectivity index (χ4n) is 1.39. The van der Waals surface area contributed by atoms with Crippen LogP contribution in [0.4, 0.5) is 0 Å². The molecule has 0 fully saturated rings. The lowest BCUT2D eigenvalue weighted by molar-refractivity contribution is 0.471. The number of hydrogen-bond acceptors (Lipinski definition) is 2. The molecule has 0 radical (unpaired) electrons. The number of hydrogen-bond donors (Lipinski definition) is 2. The zero-order chi connectivity index (χ0) is 9.42. The molecule has 0 bridgehead atoms. The SMILES string of the molecule is Cc1cc2cc(O)ccc2cc1O. The summed E-state index contributed by atoms with van der Waals surface area (Å²) in [5.74, 6) is 0.538. The van der Waals surface area contributed by atoms with E-state index in [1.807, 2.05) is 13.0 Å². The first-order valence-corrected chi connectivity index (χ1v) is 4.09. The first-order chi connectivity index (χ1) is 6.16. The van der Waals surface area contributed by atoms with E-state index in [0.717, 1.165) is 16.3 Å². The second-order valence-corrected chi connectivity index (χ2v) is 3.17. The van der Waals surface area contributed by atoms with E-state index in [1.54, 1.807) is 24.3 Å². The van der Waals surface area contributed by atoms with Gasteiger partial charge in [-0.25, -0.2) is 0 Å². The van der Waals surface area contributed by atoms with Crippen LogP contribution in [-0.2, 0) is 0 Å². The minimum Gasteiger partial charge on any atom is -0.508 e. The third kappa shape index (κ3) is 1.31. The summed E-state index contributed by atoms with van der Waals surface area (Å²) in [5.41, 5.74) is 0.818. The molecule has 0 aliphatic rings. The first-order valence-electron chi connectivity index (χ1n) is 4.09. The van der Waals surface area contributed by atoms with E-state index in [-0.39, 0.29) is 11.5 Å². The number of aromatic hydroxyl groups is 2. The topological polar surface area (TPSA) is 40.5 Å². The lowest BCUT2D eigenvalue weighted by Gasteiger charge is -2.02. The molecule has 0 atom stereocenters. The zero-order valence-corrected chi connectivity index (χ0v) is 7.28. The number of phenolic OH excluding ortho intramolecular Hbond substituents is 2. The number of aryl methyl sites for hydroxylation is 1. The van der Waals surface area contributed by atoms with E-state index in [9.17, 15) is 10.2 Å². The molecule has 0 heterocycles. The van der Waals surface area contributed by atoms with Gasteiger partial charge in [0.1, 0.15) is 11.5 Å². The highest BCUT2D eigenvalue weighted by Crippen LogP contribution is 2.26. The van der Waals surface area contributed by atoms with Crippen molar-refractivity contribution in [3.8, 4) is 11.5 Å². The summed E-state index contributed by atoms with van der Waals surface area (Å²) in [6.07, 6.45) is 0. The van der Waals surface area contributed by atoms with E-state index < -0.39 is 0 Å². The molecule has 0 saturated heterocycles. The van der Waals surface area contributed by atoms with Crippen LogP contribution in [0.2, 0.25) is 0 Å². The molecule has 2 rings (SSSR count). The van der Waals surface area contributed by atoms with Gasteiger partial charge in [-0.2, -0.15) is 0 Å². The van der Waals surface area contributed by atoms with Gasteiger partial charge in [0.25, 0.3) is 0 Å². The number of benzene rings is 2. The van der Waals surface area contributed by atoms with Crippen molar-refractivity contribution in [2.24, 2.45) is 0 Å². The van der Waals surface area contributed by atoms with E-state index >= 15 is 0 Å². The van der Waals surface area contributed by atoms with Gasteiger partial charge >= 0.3 is 0 Å². The van der Waals surface area contributed by atoms with Crippen molar-refractivity contribution in [1.82, 2.24) is 0 Å². The molecule has 2 N–H and O–H groups in total. The summed E-state index contributed by atoms with van der Waals surface area (Å²) < 4.78 is 0. The van der Waals surface area contributed by atoms with Gasteiger partial charge in [0, 0.05) is 0 Å². The number of rotatable bonds is 0. The first kappa shape index (κ1) is 7.92. The molecule has 0 aliphatic carbocycles. The van der Waals surface area contributed by atoms with Gasteiger partial charge in [0.05, 0.1) is 0 Å². The Hall–Kier alpha value is -1.70. The maximum Gasteiger partial charge on any atom is 0.119 e. The summed E-state index contributed by atoms with van der Waals surface area (Å²) in [4.78, 5) is 0. The van der Waals surface area contributed by atoms with Crippen LogP contribution in [0, 0.1) is 6.92 Å². The normalized spacial score (nSPS) is 10.5. The monoisotopic (exact) mass is 174 g/mol. The lowest BCUT2D eigenvalue weighted by atomic mass is 10.1. The fourth-order valence-corrected chi connectivity index (χ4v) is 1.39. The Morgan fingerprint density at radius 1 is 0.923 bits per heavy atom. The van der Waals surface area contributed by atoms with Crippen LogP contribution >= 0.6 is 0 Å². The Bertz CT molecular complexity index is 461. The van der Waals surface area contributed by atoms with Crippen molar-refractivity contribution in [3.05, 3.63) is 35.9 Å². The summed E-state index contributed by atoms with van der Waals surface area (Å²) in [5, 5.41) is 20.5. The van der Waals surface area contributed by atoms with Crippen LogP contribution in [0.3, 0.4) is 0 Å². The van der Waals surface area contributed by atoms with E-state index in [4.69, 9.17) is 0 Å². The van der Waals surface area contributed by atoms with Gasteiger partial charge in [-0.1, -0.05) is 6.07 Å². The Morgan fingerprint density at radius 3 is 2.46 bits per heavy atom. The third-order valence-electron chi connectivity index (χ3n) is 2.14. The second-order valence-electron chi connectivity index (χ2n) is 3.17. The highest BCUT2D eigenvalue weighted by Gasteiger charge is 1.99. The smallest absolute Gasteiger partial charge is 0.119 e. The molecule has 13 heavy (non-hydrogen) atoms. The van der Waals surface area contributed by atoms with E-state index in [2.05, 4.69) is 0 Å². The standard InChI is InChI=1S/C11H10O2/c1-7-4-9-5-10(12)3-2-8(9)6-11(7)13/h2-6,12-13H,1H3. The van der Waals surface area contributed by atoms with Gasteiger partial charge < -0.3 is 10.2 Å². The molecule has 2 nitrogen and oxygen atoms in total. The largest absolute Gasteiger partial charge is 0.508 e. The molecule has 0 amide bonds. The number of fused-ring (bicyclic) bond motifs is 1. The van der Waals surface area contributed by atoms with Crippen LogP contribution < -0.4 is 0 Å². The average molecular weight is 174 g/mol. The summed E-state index contributed by atoms with van der Waals surface area (Å²) in [6.45, 7) is 1.83. The van der Waals surface area contributed by atoms with E-state index in [0.29, 0.717) is 0 Å². The molecule has 66 valence electrons. The third-order valence-corrected chi connectivity index (χ3v) is 2.14. The summed E-state index contributed by atoms with van der Waals surface area (Å²) >= 11 is 0. The van der Waals surface area contributed by atoms with Crippen LogP contribution in [0.5, 0.6) is 11.5 Å². The van der Waals surface area contributed by atoms with Crippen molar-refractivity contribution >= 4 is 10.8 Å². The van der Waals surface area contributed by atoms with Crippen molar-refractivity contribution in [3.63, 3.8) is 0 Å². The van der Waals surface area contributed by atoms with Gasteiger partial charge in [0.15, 0.2) is 0 Å². The van der Waals surface area contributed by atoms with E-state index in [1.165, 1.54) is 0 Å². The summed E-state index contributed by atoms with van der Waals surface area (Å²) in [7, 11) is 0. The zero-order valence-electron chi connectivity index (χ0n) is 7.28.